The molecule has 1 unspecified atom stereocenters. The first-order chi connectivity index (χ1) is 6.77. The van der Waals surface area contributed by atoms with Gasteiger partial charge in [0.2, 0.25) is 0 Å². The molecule has 0 fully saturated rings. The van der Waals surface area contributed by atoms with Gasteiger partial charge in [-0.15, -0.1) is 0 Å². The Balaban J connectivity index is 2.14. The van der Waals surface area contributed by atoms with Crippen LogP contribution in [0.25, 0.3) is 0 Å². The van der Waals surface area contributed by atoms with Crippen LogP contribution in [0.15, 0.2) is 33.3 Å². The van der Waals surface area contributed by atoms with Crippen LogP contribution in [0.5, 0.6) is 0 Å². The molecule has 0 radical (unpaired) electrons. The van der Waals surface area contributed by atoms with E-state index >= 15 is 0 Å². The van der Waals surface area contributed by atoms with Gasteiger partial charge in [0.1, 0.15) is 11.9 Å². The first kappa shape index (κ1) is 9.80. The van der Waals surface area contributed by atoms with Gasteiger partial charge in [0.15, 0.2) is 4.67 Å². The zero-order valence-corrected chi connectivity index (χ0v) is 9.16. The molecule has 1 aromatic rings. The number of halogens is 1. The van der Waals surface area contributed by atoms with Crippen LogP contribution in [-0.4, -0.2) is 11.7 Å². The number of ether oxygens (including phenoxy) is 1. The molecular formula is C10H11BrO3. The Morgan fingerprint density at radius 1 is 1.50 bits per heavy atom. The highest BCUT2D eigenvalue weighted by atomic mass is 79.9. The van der Waals surface area contributed by atoms with Crippen LogP contribution in [0.3, 0.4) is 0 Å². The van der Waals surface area contributed by atoms with Crippen LogP contribution < -0.4 is 0 Å². The summed E-state index contributed by atoms with van der Waals surface area (Å²) in [4.78, 5) is 0. The number of aliphatic hydroxyl groups is 1. The molecule has 1 atom stereocenters. The van der Waals surface area contributed by atoms with E-state index < -0.39 is 6.10 Å². The molecule has 0 spiro atoms. The topological polar surface area (TPSA) is 42.6 Å². The van der Waals surface area contributed by atoms with Crippen molar-refractivity contribution in [2.75, 3.05) is 6.61 Å². The largest absolute Gasteiger partial charge is 0.495 e. The molecule has 2 heterocycles. The average Bonchev–Trinajstić information content (AvgIpc) is 2.65. The van der Waals surface area contributed by atoms with Crippen molar-refractivity contribution in [3.05, 3.63) is 34.4 Å². The minimum absolute atomic E-state index is 0.614. The number of hydrogen-bond donors (Lipinski definition) is 1. The predicted octanol–water partition coefficient (Wildman–Crippen LogP) is 2.77. The summed E-state index contributed by atoms with van der Waals surface area (Å²) in [5.41, 5.74) is 0.713. The third-order valence-electron chi connectivity index (χ3n) is 2.14. The third-order valence-corrected chi connectivity index (χ3v) is 2.55. The summed E-state index contributed by atoms with van der Waals surface area (Å²) in [6, 6.07) is 1.74. The molecule has 1 aromatic heterocycles. The number of rotatable bonds is 2. The van der Waals surface area contributed by atoms with Crippen LogP contribution >= 0.6 is 15.9 Å². The first-order valence-corrected chi connectivity index (χ1v) is 5.31. The molecule has 0 saturated carbocycles. The Bertz CT molecular complexity index is 343. The lowest BCUT2D eigenvalue weighted by molar-refractivity contribution is 0.0914. The van der Waals surface area contributed by atoms with E-state index in [1.165, 1.54) is 6.26 Å². The van der Waals surface area contributed by atoms with E-state index in [4.69, 9.17) is 9.15 Å². The molecule has 1 aliphatic rings. The molecule has 0 amide bonds. The fourth-order valence-corrected chi connectivity index (χ4v) is 1.76. The summed E-state index contributed by atoms with van der Waals surface area (Å²) in [5.74, 6) is 0.629. The van der Waals surface area contributed by atoms with Crippen molar-refractivity contribution in [3.63, 3.8) is 0 Å². The van der Waals surface area contributed by atoms with Gasteiger partial charge in [0.05, 0.1) is 12.9 Å². The highest BCUT2D eigenvalue weighted by molar-refractivity contribution is 9.10. The van der Waals surface area contributed by atoms with Crippen LogP contribution in [0, 0.1) is 0 Å². The summed E-state index contributed by atoms with van der Waals surface area (Å²) in [6.07, 6.45) is 4.73. The van der Waals surface area contributed by atoms with Crippen LogP contribution in [-0.2, 0) is 4.74 Å². The Hall–Kier alpha value is -0.740. The van der Waals surface area contributed by atoms with Crippen LogP contribution in [0.4, 0.5) is 0 Å². The van der Waals surface area contributed by atoms with Gasteiger partial charge in [0.25, 0.3) is 0 Å². The molecule has 3 nitrogen and oxygen atoms in total. The van der Waals surface area contributed by atoms with E-state index in [0.717, 1.165) is 12.8 Å². The Kier molecular flexibility index (Phi) is 2.93. The minimum atomic E-state index is -0.703. The van der Waals surface area contributed by atoms with Crippen molar-refractivity contribution in [1.82, 2.24) is 0 Å². The lowest BCUT2D eigenvalue weighted by atomic mass is 10.1. The molecule has 1 N–H and O–H groups in total. The molecule has 1 aliphatic heterocycles. The Morgan fingerprint density at radius 2 is 2.36 bits per heavy atom. The monoisotopic (exact) mass is 258 g/mol. The second kappa shape index (κ2) is 4.19. The fraction of sp³-hybridized carbons (Fsp3) is 0.400. The second-order valence-electron chi connectivity index (χ2n) is 3.18. The SMILES string of the molecule is OC(C1=CCCCO1)c1coc(Br)c1. The number of furan rings is 1. The highest BCUT2D eigenvalue weighted by Crippen LogP contribution is 2.28. The Labute approximate surface area is 90.5 Å². The molecule has 0 aliphatic carbocycles. The molecule has 76 valence electrons. The maximum atomic E-state index is 9.88. The van der Waals surface area contributed by atoms with Gasteiger partial charge in [-0.25, -0.2) is 0 Å². The summed E-state index contributed by atoms with van der Waals surface area (Å²) < 4.78 is 11.0. The smallest absolute Gasteiger partial charge is 0.169 e. The standard InChI is InChI=1S/C10H11BrO3/c11-9-5-7(6-14-9)10(12)8-3-1-2-4-13-8/h3,5-6,10,12H,1-2,4H2. The quantitative estimate of drug-likeness (QED) is 0.887. The summed E-state index contributed by atoms with van der Waals surface area (Å²) in [5, 5.41) is 9.88. The van der Waals surface area contributed by atoms with Crippen molar-refractivity contribution >= 4 is 15.9 Å². The normalized spacial score (nSPS) is 18.6. The molecule has 0 aromatic carbocycles. The second-order valence-corrected chi connectivity index (χ2v) is 3.97. The van der Waals surface area contributed by atoms with E-state index in [1.54, 1.807) is 6.07 Å². The molecule has 2 rings (SSSR count). The third kappa shape index (κ3) is 2.01. The predicted molar refractivity (Wildman–Crippen MR) is 54.6 cm³/mol. The first-order valence-electron chi connectivity index (χ1n) is 4.52. The highest BCUT2D eigenvalue weighted by Gasteiger charge is 2.18. The van der Waals surface area contributed by atoms with Crippen LogP contribution in [0.2, 0.25) is 0 Å². The number of allylic oxidation sites excluding steroid dienone is 1. The van der Waals surface area contributed by atoms with Gasteiger partial charge in [-0.1, -0.05) is 0 Å². The van der Waals surface area contributed by atoms with Gasteiger partial charge in [-0.3, -0.25) is 0 Å². The zero-order chi connectivity index (χ0) is 9.97. The molecule has 0 bridgehead atoms. The van der Waals surface area contributed by atoms with Crippen LogP contribution in [0.1, 0.15) is 24.5 Å². The molecular weight excluding hydrogens is 248 g/mol. The van der Waals surface area contributed by atoms with Crippen molar-refractivity contribution in [1.29, 1.82) is 0 Å². The van der Waals surface area contributed by atoms with E-state index in [0.29, 0.717) is 22.6 Å². The zero-order valence-electron chi connectivity index (χ0n) is 7.57. The lowest BCUT2D eigenvalue weighted by Gasteiger charge is -2.18. The number of aliphatic hydroxyl groups excluding tert-OH is 1. The summed E-state index contributed by atoms with van der Waals surface area (Å²) in [7, 11) is 0. The van der Waals surface area contributed by atoms with E-state index in [1.807, 2.05) is 6.08 Å². The van der Waals surface area contributed by atoms with Crippen molar-refractivity contribution in [2.24, 2.45) is 0 Å². The lowest BCUT2D eigenvalue weighted by Crippen LogP contribution is -2.09. The van der Waals surface area contributed by atoms with Crippen molar-refractivity contribution in [2.45, 2.75) is 18.9 Å². The fourth-order valence-electron chi connectivity index (χ4n) is 1.40. The average molecular weight is 259 g/mol. The van der Waals surface area contributed by atoms with E-state index in [-0.39, 0.29) is 0 Å². The minimum Gasteiger partial charge on any atom is -0.495 e. The van der Waals surface area contributed by atoms with Gasteiger partial charge >= 0.3 is 0 Å². The maximum Gasteiger partial charge on any atom is 0.169 e. The molecule has 4 heteroatoms. The van der Waals surface area contributed by atoms with Crippen molar-refractivity contribution < 1.29 is 14.3 Å². The van der Waals surface area contributed by atoms with E-state index in [2.05, 4.69) is 15.9 Å². The summed E-state index contributed by atoms with van der Waals surface area (Å²) in [6.45, 7) is 0.682. The maximum absolute atomic E-state index is 9.88. The summed E-state index contributed by atoms with van der Waals surface area (Å²) >= 11 is 3.19. The van der Waals surface area contributed by atoms with E-state index in [9.17, 15) is 5.11 Å². The van der Waals surface area contributed by atoms with Crippen molar-refractivity contribution in [3.8, 4) is 0 Å². The van der Waals surface area contributed by atoms with Gasteiger partial charge in [-0.2, -0.15) is 0 Å². The van der Waals surface area contributed by atoms with Gasteiger partial charge in [0, 0.05) is 5.56 Å². The number of hydrogen-bond acceptors (Lipinski definition) is 3. The Morgan fingerprint density at radius 3 is 2.93 bits per heavy atom. The molecule has 0 saturated heterocycles. The van der Waals surface area contributed by atoms with Gasteiger partial charge in [-0.05, 0) is 40.9 Å². The molecule has 14 heavy (non-hydrogen) atoms. The van der Waals surface area contributed by atoms with Gasteiger partial charge < -0.3 is 14.3 Å².